The van der Waals surface area contributed by atoms with Crippen LogP contribution in [-0.4, -0.2) is 47.0 Å². The molecule has 0 aliphatic heterocycles. The average molecular weight is 174 g/mol. The van der Waals surface area contributed by atoms with Gasteiger partial charge in [0.1, 0.15) is 0 Å². The predicted octanol–water partition coefficient (Wildman–Crippen LogP) is -1.10. The van der Waals surface area contributed by atoms with Gasteiger partial charge in [0.15, 0.2) is 12.5 Å². The fourth-order valence-corrected chi connectivity index (χ4v) is 0. The molecule has 1 nitrogen and oxygen atoms in total. The Morgan fingerprint density at radius 2 is 1.25 bits per heavy atom. The Balaban J connectivity index is -0.00000000500. The van der Waals surface area contributed by atoms with Gasteiger partial charge in [-0.15, -0.1) is 0 Å². The van der Waals surface area contributed by atoms with Crippen LogP contribution in [0.25, 0.3) is 0 Å². The van der Waals surface area contributed by atoms with Gasteiger partial charge in [-0.25, -0.2) is 0 Å². The van der Waals surface area contributed by atoms with Gasteiger partial charge in [-0.2, -0.15) is 4.21 Å². The molecule has 0 bridgehead atoms. The van der Waals surface area contributed by atoms with E-state index in [1.165, 1.54) is 0 Å². The van der Waals surface area contributed by atoms with Gasteiger partial charge in [0.25, 0.3) is 0 Å². The van der Waals surface area contributed by atoms with Crippen LogP contribution in [0.15, 0.2) is 0 Å². The third-order valence-corrected chi connectivity index (χ3v) is 0. The van der Waals surface area contributed by atoms with Crippen LogP contribution in [0.4, 0.5) is 0 Å². The monoisotopic (exact) mass is 175 g/mol. The summed E-state index contributed by atoms with van der Waals surface area (Å²) in [6, 6.07) is 0. The zero-order chi connectivity index (χ0) is 2.00. The molecule has 0 saturated heterocycles. The van der Waals surface area contributed by atoms with Gasteiger partial charge in [-0.3, -0.25) is 0 Å². The second-order valence-electron chi connectivity index (χ2n) is 0. The molecule has 17 valence electrons. The summed E-state index contributed by atoms with van der Waals surface area (Å²) in [5.74, 6) is 0. The van der Waals surface area contributed by atoms with Gasteiger partial charge in [0, 0.05) is 42.8 Å². The van der Waals surface area contributed by atoms with E-state index in [-0.39, 0.29) is 42.8 Å². The Kier molecular flexibility index (Phi) is 116. The molecule has 4 heteroatoms. The third-order valence-electron chi connectivity index (χ3n) is 0. The molecular formula is LiOSSn. The summed E-state index contributed by atoms with van der Waals surface area (Å²) in [5.41, 5.74) is 0. The molecule has 0 rings (SSSR count). The molecule has 5 radical (unpaired) electrons. The molecule has 0 N–H and O–H groups in total. The maximum Gasteiger partial charge on any atom is 0.197 e. The van der Waals surface area contributed by atoms with Gasteiger partial charge in [0.2, 0.25) is 0 Å². The van der Waals surface area contributed by atoms with Gasteiger partial charge in [-0.05, 0) is 0 Å². The molecule has 0 saturated carbocycles. The first-order chi connectivity index (χ1) is 1.00. The Morgan fingerprint density at radius 1 is 1.25 bits per heavy atom. The van der Waals surface area contributed by atoms with Crippen molar-refractivity contribution in [2.75, 3.05) is 0 Å². The molecule has 0 aromatic rings. The minimum absolute atomic E-state index is 0. The molecule has 0 spiro atoms. The van der Waals surface area contributed by atoms with Gasteiger partial charge < -0.3 is 0 Å². The average Bonchev–Trinajstić information content (AvgIpc) is 1.00. The molecule has 0 aromatic heterocycles. The van der Waals surface area contributed by atoms with E-state index in [9.17, 15) is 0 Å². The maximum absolute atomic E-state index is 7.83. The zero-order valence-electron chi connectivity index (χ0n) is 2.32. The Morgan fingerprint density at radius 3 is 1.25 bits per heavy atom. The van der Waals surface area contributed by atoms with Crippen LogP contribution in [0.1, 0.15) is 0 Å². The van der Waals surface area contributed by atoms with Crippen molar-refractivity contribution in [3.63, 3.8) is 0 Å². The van der Waals surface area contributed by atoms with Crippen LogP contribution < -0.4 is 0 Å². The quantitative estimate of drug-likeness (QED) is 0.433. The van der Waals surface area contributed by atoms with E-state index in [1.807, 2.05) is 0 Å². The minimum atomic E-state index is 0. The number of hydrogen-bond donors (Lipinski definition) is 0. The SMILES string of the molecule is O=S.[Li].[Sn]. The number of hydrogen-bond acceptors (Lipinski definition) is 2. The van der Waals surface area contributed by atoms with Crippen LogP contribution in [0.5, 0.6) is 0 Å². The molecule has 0 aromatic carbocycles. The molecule has 0 fully saturated rings. The van der Waals surface area contributed by atoms with E-state index >= 15 is 0 Å². The second-order valence-corrected chi connectivity index (χ2v) is 0. The van der Waals surface area contributed by atoms with Crippen LogP contribution in [-0.2, 0) is 12.5 Å². The topological polar surface area (TPSA) is 17.1 Å². The standard InChI is InChI=1S/Li.OS.Sn/c;1-2;. The Labute approximate surface area is 59.2 Å². The largest absolute Gasteiger partial charge is 0.197 e. The number of rotatable bonds is 0. The van der Waals surface area contributed by atoms with Crippen LogP contribution in [0.2, 0.25) is 0 Å². The van der Waals surface area contributed by atoms with Crippen molar-refractivity contribution in [2.45, 2.75) is 0 Å². The minimum Gasteiger partial charge on any atom is -0.197 e. The summed E-state index contributed by atoms with van der Waals surface area (Å²) in [7, 11) is 0. The van der Waals surface area contributed by atoms with Crippen molar-refractivity contribution in [1.82, 2.24) is 0 Å². The van der Waals surface area contributed by atoms with Crippen molar-refractivity contribution in [3.8, 4) is 0 Å². The van der Waals surface area contributed by atoms with E-state index in [4.69, 9.17) is 4.21 Å². The van der Waals surface area contributed by atoms with Crippen LogP contribution in [0.3, 0.4) is 0 Å². The van der Waals surface area contributed by atoms with Gasteiger partial charge in [-0.1, -0.05) is 0 Å². The first kappa shape index (κ1) is 18.1. The fraction of sp³-hybridized carbons (Fsp3) is 0. The summed E-state index contributed by atoms with van der Waals surface area (Å²) in [5, 5.41) is 0. The van der Waals surface area contributed by atoms with Crippen LogP contribution >= 0.6 is 0 Å². The molecule has 0 aliphatic carbocycles. The van der Waals surface area contributed by atoms with Gasteiger partial charge in [0.05, 0.1) is 0 Å². The van der Waals surface area contributed by atoms with E-state index in [0.717, 1.165) is 0 Å². The summed E-state index contributed by atoms with van der Waals surface area (Å²) in [6.45, 7) is 0. The predicted molar refractivity (Wildman–Crippen MR) is 19.7 cm³/mol. The molecule has 0 atom stereocenters. The van der Waals surface area contributed by atoms with Crippen LogP contribution in [0, 0.1) is 0 Å². The third kappa shape index (κ3) is 9.94. The van der Waals surface area contributed by atoms with E-state index in [1.54, 1.807) is 0 Å². The van der Waals surface area contributed by atoms with Crippen molar-refractivity contribution < 1.29 is 4.21 Å². The molecule has 4 heavy (non-hydrogen) atoms. The maximum atomic E-state index is 7.83. The normalized spacial score (nSPS) is 1.00. The van der Waals surface area contributed by atoms with E-state index in [0.29, 0.717) is 0 Å². The Bertz CT molecular complexity index is 8.00. The van der Waals surface area contributed by atoms with Crippen molar-refractivity contribution in [3.05, 3.63) is 0 Å². The van der Waals surface area contributed by atoms with Crippen molar-refractivity contribution in [1.29, 1.82) is 0 Å². The van der Waals surface area contributed by atoms with E-state index < -0.39 is 0 Å². The summed E-state index contributed by atoms with van der Waals surface area (Å²) >= 11 is 2.83. The molecule has 0 unspecified atom stereocenters. The van der Waals surface area contributed by atoms with Crippen molar-refractivity contribution >= 4 is 55.3 Å². The summed E-state index contributed by atoms with van der Waals surface area (Å²) < 4.78 is 7.83. The van der Waals surface area contributed by atoms with Gasteiger partial charge >= 0.3 is 0 Å². The van der Waals surface area contributed by atoms with Crippen molar-refractivity contribution in [2.24, 2.45) is 0 Å². The smallest absolute Gasteiger partial charge is 0.197 e. The molecule has 0 aliphatic rings. The Hall–Kier alpha value is 1.42. The molecule has 0 amide bonds. The summed E-state index contributed by atoms with van der Waals surface area (Å²) in [6.07, 6.45) is 0. The first-order valence-electron chi connectivity index (χ1n) is 0.167. The zero-order valence-corrected chi connectivity index (χ0v) is 5.99. The summed E-state index contributed by atoms with van der Waals surface area (Å²) in [4.78, 5) is 0. The fourth-order valence-electron chi connectivity index (χ4n) is 0. The molecule has 0 heterocycles. The first-order valence-corrected chi connectivity index (χ1v) is 0.500. The second kappa shape index (κ2) is 25.7. The van der Waals surface area contributed by atoms with E-state index in [2.05, 4.69) is 12.5 Å². The molecular weight excluding hydrogens is 174 g/mol.